The SMILES string of the molecule is C=CCC.C=O.C=O.C=O.C=O.CC(C)NC(=O)CCS.CCC(C)=O.CCC(C)=O.CCCCSCC(CC(C)=O)C(=O)O.CCCCSCC(CC(C)=O)C(=O)O.CCCCSCC(CC(C)=O)C(=O)O.CCCCSCC(CC(C)=O)C(=O)O.CCCCSCCC(=O)NC(C)C. The number of hydrogen-bond acceptors (Lipinski definition) is 22. The molecule has 4 unspecified atom stereocenters. The van der Waals surface area contributed by atoms with E-state index in [4.69, 9.17) is 39.6 Å². The molecule has 0 heterocycles. The highest BCUT2D eigenvalue weighted by Crippen LogP contribution is 2.18. The summed E-state index contributed by atoms with van der Waals surface area (Å²) in [7, 11) is 0. The van der Waals surface area contributed by atoms with Gasteiger partial charge in [0.2, 0.25) is 11.8 Å². The molecule has 0 rings (SSSR count). The first-order chi connectivity index (χ1) is 47.1. The molecule has 0 aromatic carbocycles. The van der Waals surface area contributed by atoms with Crippen molar-refractivity contribution < 1.29 is 97.1 Å². The molecule has 0 spiro atoms. The van der Waals surface area contributed by atoms with Gasteiger partial charge in [0.05, 0.1) is 23.7 Å². The molecule has 2 amide bonds. The average Bonchev–Trinajstić information content (AvgIpc) is 1.15. The summed E-state index contributed by atoms with van der Waals surface area (Å²) in [5, 5.41) is 40.9. The summed E-state index contributed by atoms with van der Waals surface area (Å²) in [4.78, 5) is 160. The lowest BCUT2D eigenvalue weighted by Gasteiger charge is -2.09. The van der Waals surface area contributed by atoms with Crippen LogP contribution in [-0.2, 0) is 76.7 Å². The van der Waals surface area contributed by atoms with Gasteiger partial charge in [0.1, 0.15) is 61.9 Å². The molecule has 6 N–H and O–H groups in total. The lowest BCUT2D eigenvalue weighted by atomic mass is 10.1. The molecule has 0 saturated carbocycles. The molecule has 22 nitrogen and oxygen atoms in total. The molecule has 0 aliphatic heterocycles. The van der Waals surface area contributed by atoms with Gasteiger partial charge in [-0.1, -0.05) is 93.6 Å². The number of thiol groups is 1. The number of carboxylic acids is 4. The van der Waals surface area contributed by atoms with Crippen LogP contribution in [0.4, 0.5) is 0 Å². The van der Waals surface area contributed by atoms with Gasteiger partial charge in [0.15, 0.2) is 0 Å². The molecule has 100 heavy (non-hydrogen) atoms. The number of allylic oxidation sites excluding steroid dienone is 1. The predicted molar refractivity (Wildman–Crippen MR) is 427 cm³/mol. The van der Waals surface area contributed by atoms with Gasteiger partial charge < -0.3 is 79.0 Å². The Bertz CT molecular complexity index is 1770. The number of carboxylic acid groups (broad SMARTS) is 4. The number of rotatable bonds is 45. The van der Waals surface area contributed by atoms with Crippen LogP contribution in [-0.4, -0.2) is 193 Å². The molecule has 0 bridgehead atoms. The molecular formula is C72H138N2O20S6. The number of amides is 2. The van der Waals surface area contributed by atoms with Crippen LogP contribution in [0, 0.1) is 23.7 Å². The second kappa shape index (κ2) is 108. The number of hydrogen-bond donors (Lipinski definition) is 7. The Hall–Kier alpha value is -4.64. The van der Waals surface area contributed by atoms with Crippen molar-refractivity contribution in [2.24, 2.45) is 23.7 Å². The Labute approximate surface area is 631 Å². The quantitative estimate of drug-likeness (QED) is 0.0169. The molecular weight excluding hydrogens is 1410 g/mol. The van der Waals surface area contributed by atoms with Crippen LogP contribution in [0.5, 0.6) is 0 Å². The Kier molecular flexibility index (Phi) is 135. The highest BCUT2D eigenvalue weighted by atomic mass is 32.2. The Balaban J connectivity index is -0.0000000780. The first kappa shape index (κ1) is 125. The van der Waals surface area contributed by atoms with Gasteiger partial charge in [-0.3, -0.25) is 28.8 Å². The van der Waals surface area contributed by atoms with Crippen LogP contribution in [0.2, 0.25) is 0 Å². The van der Waals surface area contributed by atoms with E-state index in [9.17, 15) is 57.5 Å². The fourth-order valence-corrected chi connectivity index (χ4v) is 11.6. The van der Waals surface area contributed by atoms with Crippen LogP contribution in [0.25, 0.3) is 0 Å². The maximum atomic E-state index is 11.2. The number of thioether (sulfide) groups is 5. The van der Waals surface area contributed by atoms with E-state index in [2.05, 4.69) is 71.4 Å². The first-order valence-electron chi connectivity index (χ1n) is 33.8. The summed E-state index contributed by atoms with van der Waals surface area (Å²) in [5.41, 5.74) is 0. The minimum atomic E-state index is -0.857. The van der Waals surface area contributed by atoms with Gasteiger partial charge in [-0.15, -0.1) is 6.58 Å². The van der Waals surface area contributed by atoms with E-state index in [-0.39, 0.29) is 84.3 Å². The fraction of sp³-hybridized carbons (Fsp3) is 0.750. The minimum absolute atomic E-state index is 0.0477. The van der Waals surface area contributed by atoms with Crippen molar-refractivity contribution in [1.82, 2.24) is 10.6 Å². The molecule has 592 valence electrons. The summed E-state index contributed by atoms with van der Waals surface area (Å²) >= 11 is 12.3. The molecule has 0 saturated heterocycles. The van der Waals surface area contributed by atoms with Crippen LogP contribution in [0.1, 0.15) is 247 Å². The number of nitrogens with one attached hydrogen (secondary N) is 2. The number of Topliss-reactive ketones (excluding diaryl/α,β-unsaturated/α-hetero) is 6. The third-order valence-electron chi connectivity index (χ3n) is 11.0. The minimum Gasteiger partial charge on any atom is -0.481 e. The van der Waals surface area contributed by atoms with Gasteiger partial charge in [-0.25, -0.2) is 0 Å². The monoisotopic (exact) mass is 1540 g/mol. The molecule has 0 aromatic rings. The van der Waals surface area contributed by atoms with Crippen molar-refractivity contribution in [3.8, 4) is 0 Å². The Morgan fingerprint density at radius 3 is 0.690 bits per heavy atom. The highest BCUT2D eigenvalue weighted by molar-refractivity contribution is 8.00. The van der Waals surface area contributed by atoms with Crippen molar-refractivity contribution >= 4 is 169 Å². The van der Waals surface area contributed by atoms with E-state index in [1.807, 2.05) is 86.5 Å². The summed E-state index contributed by atoms with van der Waals surface area (Å²) in [6.07, 6.45) is 17.5. The number of unbranched alkanes of at least 4 members (excludes halogenated alkanes) is 5. The van der Waals surface area contributed by atoms with Crippen LogP contribution < -0.4 is 10.6 Å². The molecule has 0 aromatic heterocycles. The Morgan fingerprint density at radius 2 is 0.550 bits per heavy atom. The number of carbonyl (C=O) groups excluding carboxylic acids is 12. The molecule has 0 radical (unpaired) electrons. The van der Waals surface area contributed by atoms with E-state index in [1.165, 1.54) is 46.3 Å². The van der Waals surface area contributed by atoms with Gasteiger partial charge in [0.25, 0.3) is 0 Å². The van der Waals surface area contributed by atoms with Gasteiger partial charge in [0, 0.05) is 92.2 Å². The van der Waals surface area contributed by atoms with Gasteiger partial charge in [-0.05, 0) is 142 Å². The van der Waals surface area contributed by atoms with Crippen molar-refractivity contribution in [3.05, 3.63) is 12.7 Å². The van der Waals surface area contributed by atoms with E-state index >= 15 is 0 Å². The normalized spacial score (nSPS) is 10.4. The third kappa shape index (κ3) is 144. The summed E-state index contributed by atoms with van der Waals surface area (Å²) < 4.78 is 0. The molecule has 0 fully saturated rings. The topological polar surface area (TPSA) is 378 Å². The lowest BCUT2D eigenvalue weighted by molar-refractivity contribution is -0.143. The van der Waals surface area contributed by atoms with Crippen molar-refractivity contribution in [2.75, 3.05) is 63.3 Å². The summed E-state index contributed by atoms with van der Waals surface area (Å²) in [5.74, 6) is 4.04. The predicted octanol–water partition coefficient (Wildman–Crippen LogP) is 14.9. The lowest BCUT2D eigenvalue weighted by Crippen LogP contribution is -2.30. The zero-order valence-electron chi connectivity index (χ0n) is 64.6. The summed E-state index contributed by atoms with van der Waals surface area (Å²) in [6.45, 7) is 44.6. The second-order valence-corrected chi connectivity index (χ2v) is 28.2. The molecule has 4 atom stereocenters. The van der Waals surface area contributed by atoms with E-state index in [0.717, 1.165) is 86.6 Å². The Morgan fingerprint density at radius 1 is 0.360 bits per heavy atom. The number of aliphatic carboxylic acids is 4. The largest absolute Gasteiger partial charge is 0.481 e. The first-order valence-corrected chi connectivity index (χ1v) is 40.2. The van der Waals surface area contributed by atoms with Crippen molar-refractivity contribution in [2.45, 2.75) is 259 Å². The second-order valence-electron chi connectivity index (χ2n) is 21.9. The number of carbonyl (C=O) groups is 16. The van der Waals surface area contributed by atoms with E-state index < -0.39 is 47.5 Å². The van der Waals surface area contributed by atoms with E-state index in [1.54, 1.807) is 60.9 Å². The van der Waals surface area contributed by atoms with E-state index in [0.29, 0.717) is 54.4 Å². The maximum absolute atomic E-state index is 11.2. The molecule has 0 aliphatic rings. The van der Waals surface area contributed by atoms with Crippen molar-refractivity contribution in [1.29, 1.82) is 0 Å². The fourth-order valence-electron chi connectivity index (χ4n) is 5.55. The smallest absolute Gasteiger partial charge is 0.307 e. The van der Waals surface area contributed by atoms with Crippen LogP contribution in [0.15, 0.2) is 12.7 Å². The zero-order chi connectivity index (χ0) is 81.3. The summed E-state index contributed by atoms with van der Waals surface area (Å²) in [6, 6.07) is 0.519. The van der Waals surface area contributed by atoms with Crippen LogP contribution in [0.3, 0.4) is 0 Å². The number of ketones is 6. The highest BCUT2D eigenvalue weighted by Gasteiger charge is 2.22. The standard InChI is InChI=1S/C10H21NOS.4C10H18O3S.C6H13NOS.2C4H8O.C4H8.4CH2O/c1-4-5-7-13-8-6-10(12)11-9(2)3;4*1-3-4-5-14-7-9(10(12)13)6-8(2)11;1-5(2)7-6(8)3-4-9;2*1-3-4(2)5;1-3-4-2;4*1-2/h9H,4-8H2,1-3H3,(H,11,12);4*9H,3-7H2,1-2H3,(H,12,13);5,9H,3-4H2,1-2H3,(H,7,8);2*3H2,1-2H3;3H,1,4H2,2H3;4*1H2. The zero-order valence-corrected chi connectivity index (χ0v) is 69.6. The maximum Gasteiger partial charge on any atom is 0.307 e. The van der Waals surface area contributed by atoms with Gasteiger partial charge >= 0.3 is 23.9 Å². The van der Waals surface area contributed by atoms with Crippen LogP contribution >= 0.6 is 71.4 Å². The van der Waals surface area contributed by atoms with Gasteiger partial charge in [-0.2, -0.15) is 71.4 Å². The third-order valence-corrected chi connectivity index (χ3v) is 17.2. The molecule has 0 aliphatic carbocycles. The average molecular weight is 1540 g/mol. The van der Waals surface area contributed by atoms with Crippen molar-refractivity contribution in [3.63, 3.8) is 0 Å². The molecule has 28 heteroatoms.